The molecule has 0 aliphatic rings. The van der Waals surface area contributed by atoms with Crippen LogP contribution >= 0.6 is 0 Å². The Morgan fingerprint density at radius 3 is 2.32 bits per heavy atom. The van der Waals surface area contributed by atoms with Gasteiger partial charge in [-0.3, -0.25) is 0 Å². The molecule has 1 heterocycles. The zero-order valence-electron chi connectivity index (χ0n) is 12.1. The van der Waals surface area contributed by atoms with Crippen LogP contribution in [-0.2, 0) is 6.42 Å². The van der Waals surface area contributed by atoms with Crippen molar-refractivity contribution < 1.29 is 15.0 Å². The molecule has 0 amide bonds. The average molecular weight is 266 g/mol. The van der Waals surface area contributed by atoms with Gasteiger partial charge in [0.25, 0.3) is 0 Å². The molecule has 19 heavy (non-hydrogen) atoms. The van der Waals surface area contributed by atoms with Crippen LogP contribution in [0.1, 0.15) is 50.7 Å². The average Bonchev–Trinajstić information content (AvgIpc) is 2.26. The quantitative estimate of drug-likeness (QED) is 0.761. The SMILES string of the molecule is CCc1cc(C(=O)O)cc(NC(C)(C)C(C)(C)O)n1. The Bertz CT molecular complexity index is 476. The van der Waals surface area contributed by atoms with Crippen LogP contribution < -0.4 is 5.32 Å². The molecule has 0 fully saturated rings. The molecular formula is C14H22N2O3. The lowest BCUT2D eigenvalue weighted by molar-refractivity contribution is 0.0239. The van der Waals surface area contributed by atoms with E-state index < -0.39 is 17.1 Å². The minimum absolute atomic E-state index is 0.195. The summed E-state index contributed by atoms with van der Waals surface area (Å²) in [6, 6.07) is 3.04. The van der Waals surface area contributed by atoms with E-state index in [0.717, 1.165) is 0 Å². The van der Waals surface area contributed by atoms with Gasteiger partial charge < -0.3 is 15.5 Å². The maximum Gasteiger partial charge on any atom is 0.335 e. The first-order valence-corrected chi connectivity index (χ1v) is 6.31. The Morgan fingerprint density at radius 2 is 1.89 bits per heavy atom. The summed E-state index contributed by atoms with van der Waals surface area (Å²) in [6.07, 6.45) is 0.652. The fourth-order valence-electron chi connectivity index (χ4n) is 1.43. The molecule has 106 valence electrons. The number of aromatic nitrogens is 1. The Kier molecular flexibility index (Phi) is 4.20. The molecule has 1 rings (SSSR count). The number of rotatable bonds is 5. The molecule has 0 aliphatic heterocycles. The van der Waals surface area contributed by atoms with Crippen molar-refractivity contribution in [1.82, 2.24) is 4.98 Å². The predicted molar refractivity (Wildman–Crippen MR) is 74.6 cm³/mol. The molecule has 1 aromatic heterocycles. The molecule has 0 radical (unpaired) electrons. The minimum Gasteiger partial charge on any atom is -0.478 e. The Labute approximate surface area is 113 Å². The van der Waals surface area contributed by atoms with Crippen molar-refractivity contribution in [2.75, 3.05) is 5.32 Å². The molecule has 0 aliphatic carbocycles. The Balaban J connectivity index is 3.14. The number of carbonyl (C=O) groups is 1. The van der Waals surface area contributed by atoms with Crippen molar-refractivity contribution in [2.45, 2.75) is 52.2 Å². The van der Waals surface area contributed by atoms with E-state index in [1.165, 1.54) is 6.07 Å². The summed E-state index contributed by atoms with van der Waals surface area (Å²) in [5.74, 6) is -0.523. The van der Waals surface area contributed by atoms with Crippen LogP contribution in [0.4, 0.5) is 5.82 Å². The van der Waals surface area contributed by atoms with E-state index in [1.807, 2.05) is 20.8 Å². The van der Waals surface area contributed by atoms with Crippen LogP contribution in [0.2, 0.25) is 0 Å². The number of carboxylic acid groups (broad SMARTS) is 1. The number of hydrogen-bond acceptors (Lipinski definition) is 4. The molecule has 0 atom stereocenters. The molecule has 0 unspecified atom stereocenters. The summed E-state index contributed by atoms with van der Waals surface area (Å²) >= 11 is 0. The first kappa shape index (κ1) is 15.4. The van der Waals surface area contributed by atoms with Gasteiger partial charge in [-0.05, 0) is 46.2 Å². The normalized spacial score (nSPS) is 12.3. The van der Waals surface area contributed by atoms with E-state index in [9.17, 15) is 9.90 Å². The second-order valence-electron chi connectivity index (χ2n) is 5.70. The van der Waals surface area contributed by atoms with E-state index in [4.69, 9.17) is 5.11 Å². The second kappa shape index (κ2) is 5.17. The van der Waals surface area contributed by atoms with Crippen molar-refractivity contribution >= 4 is 11.8 Å². The zero-order chi connectivity index (χ0) is 14.8. The Morgan fingerprint density at radius 1 is 1.32 bits per heavy atom. The van der Waals surface area contributed by atoms with E-state index in [0.29, 0.717) is 17.9 Å². The lowest BCUT2D eigenvalue weighted by atomic mass is 9.86. The zero-order valence-corrected chi connectivity index (χ0v) is 12.1. The van der Waals surface area contributed by atoms with Gasteiger partial charge in [0.05, 0.1) is 16.7 Å². The first-order chi connectivity index (χ1) is 8.56. The second-order valence-corrected chi connectivity index (χ2v) is 5.70. The lowest BCUT2D eigenvalue weighted by Gasteiger charge is -2.38. The number of carboxylic acids is 1. The van der Waals surface area contributed by atoms with Crippen molar-refractivity contribution in [3.05, 3.63) is 23.4 Å². The number of nitrogens with one attached hydrogen (secondary N) is 1. The monoisotopic (exact) mass is 266 g/mol. The van der Waals surface area contributed by atoms with Gasteiger partial charge in [-0.25, -0.2) is 9.78 Å². The third-order valence-electron chi connectivity index (χ3n) is 3.46. The number of aryl methyl sites for hydroxylation is 1. The van der Waals surface area contributed by atoms with Crippen LogP contribution in [-0.4, -0.2) is 32.3 Å². The molecule has 0 saturated carbocycles. The van der Waals surface area contributed by atoms with E-state index in [-0.39, 0.29) is 5.56 Å². The van der Waals surface area contributed by atoms with Crippen molar-refractivity contribution in [1.29, 1.82) is 0 Å². The summed E-state index contributed by atoms with van der Waals surface area (Å²) in [5, 5.41) is 22.3. The van der Waals surface area contributed by atoms with Gasteiger partial charge in [-0.15, -0.1) is 0 Å². The number of aliphatic hydroxyl groups is 1. The van der Waals surface area contributed by atoms with Crippen LogP contribution in [0.3, 0.4) is 0 Å². The Hall–Kier alpha value is -1.62. The molecule has 0 saturated heterocycles. The summed E-state index contributed by atoms with van der Waals surface area (Å²) < 4.78 is 0. The largest absolute Gasteiger partial charge is 0.478 e. The molecule has 3 N–H and O–H groups in total. The van der Waals surface area contributed by atoms with Gasteiger partial charge in [-0.2, -0.15) is 0 Å². The van der Waals surface area contributed by atoms with Crippen LogP contribution in [0.25, 0.3) is 0 Å². The van der Waals surface area contributed by atoms with Crippen LogP contribution in [0.15, 0.2) is 12.1 Å². The van der Waals surface area contributed by atoms with Crippen LogP contribution in [0.5, 0.6) is 0 Å². The summed E-state index contributed by atoms with van der Waals surface area (Å²) in [7, 11) is 0. The van der Waals surface area contributed by atoms with Gasteiger partial charge in [0.15, 0.2) is 0 Å². The molecule has 0 aromatic carbocycles. The van der Waals surface area contributed by atoms with Crippen LogP contribution in [0, 0.1) is 0 Å². The first-order valence-electron chi connectivity index (χ1n) is 6.31. The van der Waals surface area contributed by atoms with E-state index in [2.05, 4.69) is 10.3 Å². The maximum absolute atomic E-state index is 11.1. The van der Waals surface area contributed by atoms with Gasteiger partial charge >= 0.3 is 5.97 Å². The molecule has 5 heteroatoms. The summed E-state index contributed by atoms with van der Waals surface area (Å²) in [5.41, 5.74) is -0.711. The highest BCUT2D eigenvalue weighted by molar-refractivity contribution is 5.88. The summed E-state index contributed by atoms with van der Waals surface area (Å²) in [4.78, 5) is 15.4. The number of aromatic carboxylic acids is 1. The minimum atomic E-state index is -0.985. The van der Waals surface area contributed by atoms with E-state index in [1.54, 1.807) is 19.9 Å². The van der Waals surface area contributed by atoms with Crippen molar-refractivity contribution in [3.8, 4) is 0 Å². The van der Waals surface area contributed by atoms with Gasteiger partial charge in [0.2, 0.25) is 0 Å². The lowest BCUT2D eigenvalue weighted by Crippen LogP contribution is -2.51. The molecule has 0 bridgehead atoms. The number of nitrogens with zero attached hydrogens (tertiary/aromatic N) is 1. The predicted octanol–water partition coefficient (Wildman–Crippen LogP) is 2.30. The maximum atomic E-state index is 11.1. The fourth-order valence-corrected chi connectivity index (χ4v) is 1.43. The summed E-state index contributed by atoms with van der Waals surface area (Å²) in [6.45, 7) is 8.99. The van der Waals surface area contributed by atoms with Gasteiger partial charge in [-0.1, -0.05) is 6.92 Å². The molecule has 5 nitrogen and oxygen atoms in total. The molecular weight excluding hydrogens is 244 g/mol. The third-order valence-corrected chi connectivity index (χ3v) is 3.46. The highest BCUT2D eigenvalue weighted by Crippen LogP contribution is 2.25. The smallest absolute Gasteiger partial charge is 0.335 e. The van der Waals surface area contributed by atoms with Gasteiger partial charge in [0, 0.05) is 5.69 Å². The number of pyridine rings is 1. The standard InChI is InChI=1S/C14H22N2O3/c1-6-10-7-9(12(17)18)8-11(15-10)16-13(2,3)14(4,5)19/h7-8,19H,6H2,1-5H3,(H,15,16)(H,17,18). The van der Waals surface area contributed by atoms with Crippen molar-refractivity contribution in [2.24, 2.45) is 0 Å². The molecule has 1 aromatic rings. The van der Waals surface area contributed by atoms with Crippen molar-refractivity contribution in [3.63, 3.8) is 0 Å². The topological polar surface area (TPSA) is 82.5 Å². The van der Waals surface area contributed by atoms with Gasteiger partial charge in [0.1, 0.15) is 5.82 Å². The highest BCUT2D eigenvalue weighted by atomic mass is 16.4. The number of hydrogen-bond donors (Lipinski definition) is 3. The highest BCUT2D eigenvalue weighted by Gasteiger charge is 2.35. The third kappa shape index (κ3) is 3.67. The van der Waals surface area contributed by atoms with E-state index >= 15 is 0 Å². The molecule has 0 spiro atoms. The number of anilines is 1. The fraction of sp³-hybridized carbons (Fsp3) is 0.571.